The second kappa shape index (κ2) is 7.41. The van der Waals surface area contributed by atoms with Crippen LogP contribution < -0.4 is 10.6 Å². The van der Waals surface area contributed by atoms with E-state index in [0.717, 1.165) is 32.4 Å². The smallest absolute Gasteiger partial charge is 0.245 e. The summed E-state index contributed by atoms with van der Waals surface area (Å²) in [6.45, 7) is 8.26. The van der Waals surface area contributed by atoms with Crippen molar-refractivity contribution in [2.45, 2.75) is 51.9 Å². The number of nitrogens with one attached hydrogen (secondary N) is 2. The molecule has 144 valence electrons. The minimum atomic E-state index is -0.883. The lowest BCUT2D eigenvalue weighted by Gasteiger charge is -2.43. The quantitative estimate of drug-likeness (QED) is 0.577. The van der Waals surface area contributed by atoms with E-state index in [1.807, 2.05) is 11.8 Å². The normalized spacial score (nSPS) is 30.3. The fourth-order valence-electron chi connectivity index (χ4n) is 5.26. The van der Waals surface area contributed by atoms with Gasteiger partial charge in [-0.15, -0.1) is 0 Å². The highest BCUT2D eigenvalue weighted by molar-refractivity contribution is 6.06. The molecule has 2 N–H and O–H groups in total. The summed E-state index contributed by atoms with van der Waals surface area (Å²) in [5.41, 5.74) is -0.659. The first-order chi connectivity index (χ1) is 12.5. The highest BCUT2D eigenvalue weighted by Crippen LogP contribution is 2.50. The number of likely N-dealkylation sites (tertiary alicyclic amines) is 1. The van der Waals surface area contributed by atoms with E-state index in [4.69, 9.17) is 0 Å². The van der Waals surface area contributed by atoms with Gasteiger partial charge >= 0.3 is 0 Å². The van der Waals surface area contributed by atoms with E-state index in [9.17, 15) is 14.4 Å². The van der Waals surface area contributed by atoms with Crippen molar-refractivity contribution in [1.29, 1.82) is 0 Å². The summed E-state index contributed by atoms with van der Waals surface area (Å²) in [4.78, 5) is 38.7. The number of carbonyl (C=O) groups excluding carboxylic acids is 3. The molecule has 0 aromatic heterocycles. The molecular weight excluding hydrogens is 330 g/mol. The molecule has 0 aromatic carbocycles. The standard InChI is InChI=1S/C20H31N3O3/c1-3-16(24)23-12-9-19(10-13-23)7-5-6-15(19)14-22-18(26)20(4-2)8-11-21-17(20)25/h3,15H,1,4-14H2,2H3,(H,21,25)(H,22,26). The summed E-state index contributed by atoms with van der Waals surface area (Å²) in [6.07, 6.45) is 7.96. The van der Waals surface area contributed by atoms with Crippen molar-refractivity contribution in [2.24, 2.45) is 16.7 Å². The molecule has 26 heavy (non-hydrogen) atoms. The Morgan fingerprint density at radius 1 is 1.31 bits per heavy atom. The molecule has 3 rings (SSSR count). The predicted molar refractivity (Wildman–Crippen MR) is 99.1 cm³/mol. The maximum absolute atomic E-state index is 12.8. The SMILES string of the molecule is C=CC(=O)N1CCC2(CCCC2CNC(=O)C2(CC)CCNC2=O)CC1. The van der Waals surface area contributed by atoms with E-state index in [1.54, 1.807) is 0 Å². The van der Waals surface area contributed by atoms with Crippen molar-refractivity contribution >= 4 is 17.7 Å². The van der Waals surface area contributed by atoms with Crippen LogP contribution in [-0.4, -0.2) is 48.8 Å². The highest BCUT2D eigenvalue weighted by atomic mass is 16.2. The highest BCUT2D eigenvalue weighted by Gasteiger charge is 2.49. The van der Waals surface area contributed by atoms with E-state index in [-0.39, 0.29) is 23.1 Å². The Morgan fingerprint density at radius 3 is 2.62 bits per heavy atom. The van der Waals surface area contributed by atoms with Crippen molar-refractivity contribution in [1.82, 2.24) is 15.5 Å². The number of carbonyl (C=O) groups is 3. The minimum Gasteiger partial charge on any atom is -0.355 e. The molecule has 0 bridgehead atoms. The van der Waals surface area contributed by atoms with Gasteiger partial charge in [0.15, 0.2) is 0 Å². The van der Waals surface area contributed by atoms with E-state index in [0.29, 0.717) is 31.8 Å². The molecule has 2 aliphatic heterocycles. The molecule has 0 aromatic rings. The second-order valence-electron chi connectivity index (χ2n) is 8.13. The monoisotopic (exact) mass is 361 g/mol. The van der Waals surface area contributed by atoms with Crippen LogP contribution in [0.4, 0.5) is 0 Å². The molecule has 3 amide bonds. The Kier molecular flexibility index (Phi) is 5.39. The Labute approximate surface area is 155 Å². The van der Waals surface area contributed by atoms with Gasteiger partial charge in [0.25, 0.3) is 0 Å². The Balaban J connectivity index is 1.60. The maximum Gasteiger partial charge on any atom is 0.245 e. The number of amides is 3. The summed E-state index contributed by atoms with van der Waals surface area (Å²) in [5.74, 6) is 0.205. The van der Waals surface area contributed by atoms with Gasteiger partial charge < -0.3 is 15.5 Å². The molecule has 2 saturated heterocycles. The van der Waals surface area contributed by atoms with E-state index >= 15 is 0 Å². The lowest BCUT2D eigenvalue weighted by molar-refractivity contribution is -0.141. The van der Waals surface area contributed by atoms with Gasteiger partial charge in [-0.25, -0.2) is 0 Å². The van der Waals surface area contributed by atoms with Gasteiger partial charge in [0, 0.05) is 26.2 Å². The molecule has 2 atom stereocenters. The molecule has 3 fully saturated rings. The second-order valence-corrected chi connectivity index (χ2v) is 8.13. The minimum absolute atomic E-state index is 0.0137. The Morgan fingerprint density at radius 2 is 2.04 bits per heavy atom. The van der Waals surface area contributed by atoms with Crippen molar-refractivity contribution in [3.8, 4) is 0 Å². The first-order valence-corrected chi connectivity index (χ1v) is 9.95. The van der Waals surface area contributed by atoms with Gasteiger partial charge in [0.2, 0.25) is 17.7 Å². The number of hydrogen-bond donors (Lipinski definition) is 2. The topological polar surface area (TPSA) is 78.5 Å². The van der Waals surface area contributed by atoms with Gasteiger partial charge in [-0.3, -0.25) is 14.4 Å². The van der Waals surface area contributed by atoms with Crippen molar-refractivity contribution in [2.75, 3.05) is 26.2 Å². The fraction of sp³-hybridized carbons (Fsp3) is 0.750. The summed E-state index contributed by atoms with van der Waals surface area (Å²) >= 11 is 0. The molecule has 3 aliphatic rings. The zero-order valence-electron chi connectivity index (χ0n) is 15.8. The van der Waals surface area contributed by atoms with Crippen LogP contribution in [0.2, 0.25) is 0 Å². The van der Waals surface area contributed by atoms with E-state index in [1.165, 1.54) is 18.9 Å². The third-order valence-electron chi connectivity index (χ3n) is 7.16. The average Bonchev–Trinajstić information content (AvgIpc) is 3.23. The number of rotatable bonds is 5. The van der Waals surface area contributed by atoms with Crippen LogP contribution in [0, 0.1) is 16.7 Å². The van der Waals surface area contributed by atoms with Crippen LogP contribution in [0.1, 0.15) is 51.9 Å². The predicted octanol–water partition coefficient (Wildman–Crippen LogP) is 1.61. The van der Waals surface area contributed by atoms with Crippen LogP contribution in [0.15, 0.2) is 12.7 Å². The van der Waals surface area contributed by atoms with Gasteiger partial charge in [-0.2, -0.15) is 0 Å². The Hall–Kier alpha value is -1.85. The molecule has 2 unspecified atom stereocenters. The summed E-state index contributed by atoms with van der Waals surface area (Å²) < 4.78 is 0. The lowest BCUT2D eigenvalue weighted by atomic mass is 9.70. The molecule has 0 radical (unpaired) electrons. The Bertz CT molecular complexity index is 595. The zero-order chi connectivity index (χ0) is 18.8. The third-order valence-corrected chi connectivity index (χ3v) is 7.16. The largest absolute Gasteiger partial charge is 0.355 e. The molecule has 1 saturated carbocycles. The van der Waals surface area contributed by atoms with Crippen molar-refractivity contribution in [3.63, 3.8) is 0 Å². The maximum atomic E-state index is 12.8. The summed E-state index contributed by atoms with van der Waals surface area (Å²) in [6, 6.07) is 0. The van der Waals surface area contributed by atoms with Crippen molar-refractivity contribution in [3.05, 3.63) is 12.7 Å². The summed E-state index contributed by atoms with van der Waals surface area (Å²) in [5, 5.41) is 5.91. The molecular formula is C20H31N3O3. The average molecular weight is 361 g/mol. The number of piperidine rings is 1. The molecule has 6 heteroatoms. The van der Waals surface area contributed by atoms with Crippen LogP contribution in [0.25, 0.3) is 0 Å². The molecule has 1 aliphatic carbocycles. The zero-order valence-corrected chi connectivity index (χ0v) is 15.8. The first kappa shape index (κ1) is 18.9. The number of hydrogen-bond acceptors (Lipinski definition) is 3. The van der Waals surface area contributed by atoms with Gasteiger partial charge in [-0.1, -0.05) is 19.9 Å². The van der Waals surface area contributed by atoms with Gasteiger partial charge in [0.05, 0.1) is 0 Å². The van der Waals surface area contributed by atoms with E-state index in [2.05, 4.69) is 17.2 Å². The van der Waals surface area contributed by atoms with Gasteiger partial charge in [-0.05, 0) is 55.9 Å². The summed E-state index contributed by atoms with van der Waals surface area (Å²) in [7, 11) is 0. The van der Waals surface area contributed by atoms with Crippen LogP contribution in [0.3, 0.4) is 0 Å². The van der Waals surface area contributed by atoms with Crippen LogP contribution in [-0.2, 0) is 14.4 Å². The van der Waals surface area contributed by atoms with Crippen LogP contribution in [0.5, 0.6) is 0 Å². The number of nitrogens with zero attached hydrogens (tertiary/aromatic N) is 1. The first-order valence-electron chi connectivity index (χ1n) is 9.95. The van der Waals surface area contributed by atoms with Gasteiger partial charge in [0.1, 0.15) is 5.41 Å². The molecule has 6 nitrogen and oxygen atoms in total. The van der Waals surface area contributed by atoms with Crippen molar-refractivity contribution < 1.29 is 14.4 Å². The fourth-order valence-corrected chi connectivity index (χ4v) is 5.26. The lowest BCUT2D eigenvalue weighted by Crippen LogP contribution is -2.49. The molecule has 1 spiro atoms. The third kappa shape index (κ3) is 3.14. The van der Waals surface area contributed by atoms with E-state index < -0.39 is 5.41 Å². The molecule has 2 heterocycles. The van der Waals surface area contributed by atoms with Crippen LogP contribution >= 0.6 is 0 Å².